The Morgan fingerprint density at radius 2 is 1.89 bits per heavy atom. The van der Waals surface area contributed by atoms with Crippen LogP contribution in [0.5, 0.6) is 0 Å². The monoisotopic (exact) mass is 539 g/mol. The van der Waals surface area contributed by atoms with Gasteiger partial charge in [0, 0.05) is 41.9 Å². The number of rotatable bonds is 2. The van der Waals surface area contributed by atoms with Crippen LogP contribution in [0.15, 0.2) is 54.7 Å². The molecule has 0 spiro atoms. The van der Waals surface area contributed by atoms with Crippen LogP contribution in [0.3, 0.4) is 0 Å². The highest BCUT2D eigenvalue weighted by Crippen LogP contribution is 2.38. The largest absolute Gasteiger partial charge is 0.330 e. The van der Waals surface area contributed by atoms with Crippen LogP contribution in [-0.4, -0.2) is 28.2 Å². The number of hydrogen-bond acceptors (Lipinski definition) is 3. The van der Waals surface area contributed by atoms with E-state index in [1.54, 1.807) is 36.1 Å². The van der Waals surface area contributed by atoms with Crippen LogP contribution in [-0.2, 0) is 9.59 Å². The highest BCUT2D eigenvalue weighted by molar-refractivity contribution is 6.31. The van der Waals surface area contributed by atoms with Gasteiger partial charge in [0.25, 0.3) is 0 Å². The first-order valence-electron chi connectivity index (χ1n) is 12.4. The third kappa shape index (κ3) is 5.05. The van der Waals surface area contributed by atoms with Crippen molar-refractivity contribution in [2.75, 3.05) is 11.9 Å². The minimum absolute atomic E-state index is 0.0100. The number of nitrogens with zero attached hydrogens (tertiary/aromatic N) is 2. The minimum Gasteiger partial charge on any atom is -0.330 e. The van der Waals surface area contributed by atoms with Crippen molar-refractivity contribution in [1.82, 2.24) is 9.88 Å². The molecule has 2 bridgehead atoms. The number of hydrogen-bond donors (Lipinski definition) is 1. The van der Waals surface area contributed by atoms with Crippen LogP contribution in [0.4, 0.5) is 18.9 Å². The molecule has 0 radical (unpaired) electrons. The number of anilines is 1. The molecule has 2 aromatic carbocycles. The number of nitrogens with one attached hydrogen (secondary N) is 1. The lowest BCUT2D eigenvalue weighted by Crippen LogP contribution is -2.38. The van der Waals surface area contributed by atoms with Gasteiger partial charge in [-0.15, -0.1) is 0 Å². The first-order valence-corrected chi connectivity index (χ1v) is 12.8. The summed E-state index contributed by atoms with van der Waals surface area (Å²) < 4.78 is 43.7. The molecule has 2 amide bonds. The molecule has 5 nitrogen and oxygen atoms in total. The van der Waals surface area contributed by atoms with Gasteiger partial charge in [0.15, 0.2) is 0 Å². The number of aromatic nitrogens is 1. The molecule has 0 fully saturated rings. The van der Waals surface area contributed by atoms with Crippen molar-refractivity contribution >= 4 is 34.7 Å². The van der Waals surface area contributed by atoms with Crippen molar-refractivity contribution in [2.45, 2.75) is 38.6 Å². The van der Waals surface area contributed by atoms with Gasteiger partial charge in [0.2, 0.25) is 11.8 Å². The molecule has 1 aromatic heterocycles. The second kappa shape index (κ2) is 10.6. The highest BCUT2D eigenvalue weighted by atomic mass is 35.5. The maximum Gasteiger partial charge on any atom is 0.247 e. The molecule has 196 valence electrons. The Morgan fingerprint density at radius 3 is 2.68 bits per heavy atom. The molecule has 5 rings (SSSR count). The highest BCUT2D eigenvalue weighted by Gasteiger charge is 2.31. The van der Waals surface area contributed by atoms with Crippen molar-refractivity contribution < 1.29 is 22.8 Å². The van der Waals surface area contributed by atoms with E-state index in [4.69, 9.17) is 11.6 Å². The zero-order chi connectivity index (χ0) is 27.0. The van der Waals surface area contributed by atoms with Gasteiger partial charge in [-0.3, -0.25) is 14.6 Å². The second-order valence-electron chi connectivity index (χ2n) is 9.67. The molecular formula is C29H25ClF3N3O2. The van der Waals surface area contributed by atoms with Gasteiger partial charge in [0.05, 0.1) is 22.4 Å². The summed E-state index contributed by atoms with van der Waals surface area (Å²) in [5.74, 6) is -3.24. The molecule has 2 aliphatic heterocycles. The van der Waals surface area contributed by atoms with Gasteiger partial charge in [-0.1, -0.05) is 37.1 Å². The fourth-order valence-corrected chi connectivity index (χ4v) is 5.32. The summed E-state index contributed by atoms with van der Waals surface area (Å²) >= 11 is 5.94. The predicted molar refractivity (Wildman–Crippen MR) is 140 cm³/mol. The van der Waals surface area contributed by atoms with E-state index >= 15 is 4.39 Å². The van der Waals surface area contributed by atoms with Crippen molar-refractivity contribution in [3.05, 3.63) is 88.5 Å². The molecule has 1 N–H and O–H groups in total. The Labute approximate surface area is 223 Å². The Bertz CT molecular complexity index is 1460. The number of benzene rings is 2. The molecule has 2 atom stereocenters. The molecular weight excluding hydrogens is 515 g/mol. The Morgan fingerprint density at radius 1 is 1.08 bits per heavy atom. The lowest BCUT2D eigenvalue weighted by molar-refractivity contribution is -0.129. The third-order valence-electron chi connectivity index (χ3n) is 7.16. The second-order valence-corrected chi connectivity index (χ2v) is 10.1. The van der Waals surface area contributed by atoms with Crippen molar-refractivity contribution in [3.63, 3.8) is 0 Å². The van der Waals surface area contributed by atoms with Crippen LogP contribution in [0.2, 0.25) is 5.02 Å². The zero-order valence-corrected chi connectivity index (χ0v) is 21.4. The van der Waals surface area contributed by atoms with E-state index in [-0.39, 0.29) is 28.1 Å². The van der Waals surface area contributed by atoms with E-state index in [2.05, 4.69) is 10.3 Å². The van der Waals surface area contributed by atoms with E-state index in [0.29, 0.717) is 54.6 Å². The number of fused-ring (bicyclic) bond motifs is 4. The smallest absolute Gasteiger partial charge is 0.247 e. The molecule has 0 aliphatic carbocycles. The van der Waals surface area contributed by atoms with Crippen LogP contribution in [0, 0.1) is 23.4 Å². The van der Waals surface area contributed by atoms with E-state index in [0.717, 1.165) is 12.1 Å². The van der Waals surface area contributed by atoms with Gasteiger partial charge in [-0.25, -0.2) is 13.2 Å². The summed E-state index contributed by atoms with van der Waals surface area (Å²) in [7, 11) is 0. The molecule has 2 aliphatic rings. The summed E-state index contributed by atoms with van der Waals surface area (Å²) in [6.45, 7) is 2.07. The summed E-state index contributed by atoms with van der Waals surface area (Å²) in [5, 5.41) is 2.67. The van der Waals surface area contributed by atoms with Crippen molar-refractivity contribution in [1.29, 1.82) is 0 Å². The maximum atomic E-state index is 15.0. The lowest BCUT2D eigenvalue weighted by Gasteiger charge is -2.34. The minimum atomic E-state index is -0.816. The van der Waals surface area contributed by atoms with E-state index in [9.17, 15) is 18.4 Å². The number of carbonyl (C=O) groups is 2. The van der Waals surface area contributed by atoms with Crippen LogP contribution in [0.25, 0.3) is 16.7 Å². The standard InChI is InChI=1S/C29H25ClF3N3O2/c1-16-4-2-7-25(36-11-9-17(13-26(36)37)20-5-3-6-21(30)28(20)33)23-12-18(8-10-34-23)27-22(32)14-19(31)15-24(27)35-29(16)38/h3,5-6,8,10,12-16,25H,2,4,7,9,11H2,1H3,(H,35,38)/t16-,25+/m1/s1. The number of amides is 2. The summed E-state index contributed by atoms with van der Waals surface area (Å²) in [5.41, 5.74) is 1.91. The Balaban J connectivity index is 1.55. The van der Waals surface area contributed by atoms with Gasteiger partial charge >= 0.3 is 0 Å². The topological polar surface area (TPSA) is 62.3 Å². The molecule has 0 saturated heterocycles. The van der Waals surface area contributed by atoms with Gasteiger partial charge in [-0.2, -0.15) is 0 Å². The van der Waals surface area contributed by atoms with E-state index < -0.39 is 29.4 Å². The van der Waals surface area contributed by atoms with E-state index in [1.165, 1.54) is 18.3 Å². The first-order chi connectivity index (χ1) is 18.2. The van der Waals surface area contributed by atoms with Crippen LogP contribution < -0.4 is 5.32 Å². The summed E-state index contributed by atoms with van der Waals surface area (Å²) in [6, 6.07) is 9.36. The number of halogens is 4. The molecule has 9 heteroatoms. The summed E-state index contributed by atoms with van der Waals surface area (Å²) in [6.07, 6.45) is 4.98. The van der Waals surface area contributed by atoms with Gasteiger partial charge in [-0.05, 0) is 54.7 Å². The third-order valence-corrected chi connectivity index (χ3v) is 7.45. The zero-order valence-electron chi connectivity index (χ0n) is 20.6. The molecule has 0 unspecified atom stereocenters. The Hall–Kier alpha value is -3.65. The Kier molecular flexibility index (Phi) is 7.25. The average Bonchev–Trinajstić information content (AvgIpc) is 2.87. The molecule has 38 heavy (non-hydrogen) atoms. The normalized spacial score (nSPS) is 20.1. The quantitative estimate of drug-likeness (QED) is 0.384. The van der Waals surface area contributed by atoms with Crippen LogP contribution >= 0.6 is 11.6 Å². The fraction of sp³-hybridized carbons (Fsp3) is 0.276. The number of pyridine rings is 1. The molecule has 0 saturated carbocycles. The van der Waals surface area contributed by atoms with Gasteiger partial charge in [0.1, 0.15) is 17.5 Å². The SMILES string of the molecule is C[C@@H]1CCC[C@H](N2CCC(c3cccc(Cl)c3F)=CC2=O)c2cc(ccn2)-c2c(F)cc(F)cc2NC1=O. The van der Waals surface area contributed by atoms with Crippen molar-refractivity contribution in [2.24, 2.45) is 5.92 Å². The average molecular weight is 540 g/mol. The summed E-state index contributed by atoms with van der Waals surface area (Å²) in [4.78, 5) is 32.4. The number of carbonyl (C=O) groups excluding carboxylic acids is 2. The van der Waals surface area contributed by atoms with Gasteiger partial charge < -0.3 is 10.2 Å². The van der Waals surface area contributed by atoms with E-state index in [1.807, 2.05) is 0 Å². The maximum absolute atomic E-state index is 15.0. The van der Waals surface area contributed by atoms with Crippen LogP contribution in [0.1, 0.15) is 49.9 Å². The molecule has 3 aromatic rings. The molecule has 3 heterocycles. The van der Waals surface area contributed by atoms with Crippen molar-refractivity contribution in [3.8, 4) is 11.1 Å². The lowest BCUT2D eigenvalue weighted by atomic mass is 9.92. The first kappa shape index (κ1) is 26.0. The fourth-order valence-electron chi connectivity index (χ4n) is 5.15. The predicted octanol–water partition coefficient (Wildman–Crippen LogP) is 6.93.